The number of hydroxylamine groups is 1. The van der Waals surface area contributed by atoms with Gasteiger partial charge in [0.15, 0.2) is 17.8 Å². The number of allylic oxidation sites excluding steroid dienone is 2. The predicted octanol–water partition coefficient (Wildman–Crippen LogP) is 3.61. The third kappa shape index (κ3) is 2.54. The van der Waals surface area contributed by atoms with Crippen LogP contribution >= 0.6 is 0 Å². The fourth-order valence-electron chi connectivity index (χ4n) is 2.82. The van der Waals surface area contributed by atoms with Crippen molar-refractivity contribution in [1.29, 1.82) is 0 Å². The number of pyridine rings is 1. The van der Waals surface area contributed by atoms with Crippen LogP contribution in [0.1, 0.15) is 18.1 Å². The van der Waals surface area contributed by atoms with E-state index in [4.69, 9.17) is 4.94 Å². The van der Waals surface area contributed by atoms with E-state index in [2.05, 4.69) is 34.1 Å². The third-order valence-corrected chi connectivity index (χ3v) is 4.05. The third-order valence-electron chi connectivity index (χ3n) is 4.05. The molecular formula is C19H18N4O. The summed E-state index contributed by atoms with van der Waals surface area (Å²) in [5.74, 6) is 1.52. The second kappa shape index (κ2) is 5.85. The minimum Gasteiger partial charge on any atom is -0.302 e. The van der Waals surface area contributed by atoms with E-state index in [0.29, 0.717) is 0 Å². The normalized spacial score (nSPS) is 19.3. The van der Waals surface area contributed by atoms with E-state index in [-0.39, 0.29) is 6.17 Å². The first-order valence-electron chi connectivity index (χ1n) is 7.90. The molecule has 0 amide bonds. The zero-order valence-corrected chi connectivity index (χ0v) is 13.6. The molecule has 2 aliphatic rings. The van der Waals surface area contributed by atoms with Gasteiger partial charge < -0.3 is 4.90 Å². The van der Waals surface area contributed by atoms with Gasteiger partial charge in [0.25, 0.3) is 0 Å². The van der Waals surface area contributed by atoms with Gasteiger partial charge in [-0.25, -0.2) is 4.98 Å². The molecule has 3 heterocycles. The summed E-state index contributed by atoms with van der Waals surface area (Å²) in [5, 5.41) is 6.07. The first kappa shape index (κ1) is 14.5. The Kier molecular flexibility index (Phi) is 3.54. The summed E-state index contributed by atoms with van der Waals surface area (Å²) in [5.41, 5.74) is 3.31. The predicted molar refractivity (Wildman–Crippen MR) is 94.0 cm³/mol. The topological polar surface area (TPSA) is 41.0 Å². The maximum atomic E-state index is 5.74. The first-order chi connectivity index (χ1) is 11.7. The SMILES string of the molecule is CC1=C[C@@H]2N(C=C1)C(c1ccccc1)=NON2c1cc(C)ccn1. The number of rotatable bonds is 2. The van der Waals surface area contributed by atoms with Crippen LogP contribution in [-0.2, 0) is 4.94 Å². The fraction of sp³-hybridized carbons (Fsp3) is 0.158. The van der Waals surface area contributed by atoms with Crippen LogP contribution in [0.25, 0.3) is 0 Å². The Balaban J connectivity index is 1.77. The van der Waals surface area contributed by atoms with Gasteiger partial charge in [0.05, 0.1) is 0 Å². The summed E-state index contributed by atoms with van der Waals surface area (Å²) in [6, 6.07) is 14.0. The van der Waals surface area contributed by atoms with Gasteiger partial charge in [-0.2, -0.15) is 0 Å². The summed E-state index contributed by atoms with van der Waals surface area (Å²) in [4.78, 5) is 12.3. The monoisotopic (exact) mass is 318 g/mol. The van der Waals surface area contributed by atoms with Gasteiger partial charge in [-0.15, -0.1) is 5.06 Å². The van der Waals surface area contributed by atoms with Gasteiger partial charge in [0, 0.05) is 18.0 Å². The molecule has 0 radical (unpaired) electrons. The highest BCUT2D eigenvalue weighted by molar-refractivity contribution is 6.00. The Bertz CT molecular complexity index is 841. The zero-order chi connectivity index (χ0) is 16.5. The molecule has 5 heteroatoms. The maximum absolute atomic E-state index is 5.74. The van der Waals surface area contributed by atoms with Crippen LogP contribution in [0.3, 0.4) is 0 Å². The number of oxime groups is 1. The first-order valence-corrected chi connectivity index (χ1v) is 7.90. The number of nitrogens with zero attached hydrogens (tertiary/aromatic N) is 4. The highest BCUT2D eigenvalue weighted by Gasteiger charge is 2.34. The van der Waals surface area contributed by atoms with Crippen molar-refractivity contribution in [2.45, 2.75) is 20.0 Å². The summed E-state index contributed by atoms with van der Waals surface area (Å²) in [6.45, 7) is 4.11. The number of hydrogen-bond donors (Lipinski definition) is 0. The van der Waals surface area contributed by atoms with E-state index in [1.807, 2.05) is 55.6 Å². The number of aryl methyl sites for hydroxylation is 1. The van der Waals surface area contributed by atoms with E-state index in [1.165, 1.54) is 5.57 Å². The largest absolute Gasteiger partial charge is 0.302 e. The molecule has 120 valence electrons. The van der Waals surface area contributed by atoms with Crippen molar-refractivity contribution in [1.82, 2.24) is 9.88 Å². The maximum Gasteiger partial charge on any atom is 0.184 e. The van der Waals surface area contributed by atoms with Crippen molar-refractivity contribution in [3.63, 3.8) is 0 Å². The van der Waals surface area contributed by atoms with Crippen LogP contribution in [0.4, 0.5) is 5.82 Å². The van der Waals surface area contributed by atoms with Crippen molar-refractivity contribution in [2.24, 2.45) is 5.16 Å². The van der Waals surface area contributed by atoms with Crippen molar-refractivity contribution >= 4 is 11.7 Å². The lowest BCUT2D eigenvalue weighted by Gasteiger charge is -2.40. The molecule has 0 spiro atoms. The molecule has 0 saturated heterocycles. The molecule has 2 aromatic rings. The lowest BCUT2D eigenvalue weighted by atomic mass is 10.1. The lowest BCUT2D eigenvalue weighted by Crippen LogP contribution is -2.52. The molecule has 0 aliphatic carbocycles. The highest BCUT2D eigenvalue weighted by Crippen LogP contribution is 2.28. The van der Waals surface area contributed by atoms with E-state index >= 15 is 0 Å². The Morgan fingerprint density at radius 3 is 2.71 bits per heavy atom. The second-order valence-corrected chi connectivity index (χ2v) is 5.93. The van der Waals surface area contributed by atoms with Gasteiger partial charge in [-0.1, -0.05) is 30.3 Å². The van der Waals surface area contributed by atoms with Crippen molar-refractivity contribution < 1.29 is 4.94 Å². The fourth-order valence-corrected chi connectivity index (χ4v) is 2.82. The molecule has 4 rings (SSSR count). The van der Waals surface area contributed by atoms with Crippen LogP contribution in [0, 0.1) is 6.92 Å². The standard InChI is InChI=1S/C19H18N4O/c1-14-8-10-20-17(12-14)23-18-13-15(2)9-11-22(18)19(21-24-23)16-6-4-3-5-7-16/h3-13,18H,1-2H3/t18-/m1/s1. The molecule has 5 nitrogen and oxygen atoms in total. The molecule has 24 heavy (non-hydrogen) atoms. The molecule has 1 aromatic carbocycles. The lowest BCUT2D eigenvalue weighted by molar-refractivity contribution is 0.0556. The Morgan fingerprint density at radius 2 is 1.92 bits per heavy atom. The molecule has 0 bridgehead atoms. The quantitative estimate of drug-likeness (QED) is 0.848. The minimum absolute atomic E-state index is 0.128. The number of benzene rings is 1. The molecule has 1 atom stereocenters. The smallest absolute Gasteiger partial charge is 0.184 e. The van der Waals surface area contributed by atoms with Gasteiger partial charge in [-0.05, 0) is 54.4 Å². The molecule has 1 aromatic heterocycles. The van der Waals surface area contributed by atoms with E-state index < -0.39 is 0 Å². The molecule has 0 fully saturated rings. The number of aromatic nitrogens is 1. The minimum atomic E-state index is -0.128. The van der Waals surface area contributed by atoms with E-state index in [9.17, 15) is 0 Å². The number of amidine groups is 1. The van der Waals surface area contributed by atoms with Crippen LogP contribution in [0.15, 0.2) is 77.7 Å². The van der Waals surface area contributed by atoms with Crippen molar-refractivity contribution in [2.75, 3.05) is 5.06 Å². The molecule has 0 N–H and O–H groups in total. The summed E-state index contributed by atoms with van der Waals surface area (Å²) in [6.07, 6.45) is 7.90. The molecular weight excluding hydrogens is 300 g/mol. The van der Waals surface area contributed by atoms with Gasteiger partial charge in [-0.3, -0.25) is 4.94 Å². The van der Waals surface area contributed by atoms with Gasteiger partial charge in [0.2, 0.25) is 0 Å². The van der Waals surface area contributed by atoms with Gasteiger partial charge in [0.1, 0.15) is 0 Å². The van der Waals surface area contributed by atoms with E-state index in [0.717, 1.165) is 22.8 Å². The molecule has 0 saturated carbocycles. The summed E-state index contributed by atoms with van der Waals surface area (Å²) < 4.78 is 0. The summed E-state index contributed by atoms with van der Waals surface area (Å²) >= 11 is 0. The Hall–Kier alpha value is -3.08. The molecule has 2 aliphatic heterocycles. The van der Waals surface area contributed by atoms with Crippen molar-refractivity contribution in [3.05, 3.63) is 83.7 Å². The zero-order valence-electron chi connectivity index (χ0n) is 13.6. The Morgan fingerprint density at radius 1 is 1.08 bits per heavy atom. The second-order valence-electron chi connectivity index (χ2n) is 5.93. The number of fused-ring (bicyclic) bond motifs is 1. The Labute approximate surface area is 141 Å². The summed E-state index contributed by atoms with van der Waals surface area (Å²) in [7, 11) is 0. The average molecular weight is 318 g/mol. The van der Waals surface area contributed by atoms with E-state index in [1.54, 1.807) is 11.3 Å². The van der Waals surface area contributed by atoms with Crippen LogP contribution in [0.5, 0.6) is 0 Å². The van der Waals surface area contributed by atoms with Crippen LogP contribution in [0.2, 0.25) is 0 Å². The average Bonchev–Trinajstić information content (AvgIpc) is 2.61. The van der Waals surface area contributed by atoms with Crippen molar-refractivity contribution in [3.8, 4) is 0 Å². The number of hydrogen-bond acceptors (Lipinski definition) is 5. The van der Waals surface area contributed by atoms with Crippen LogP contribution < -0.4 is 5.06 Å². The molecule has 0 unspecified atom stereocenters. The van der Waals surface area contributed by atoms with Crippen LogP contribution in [-0.4, -0.2) is 21.9 Å². The van der Waals surface area contributed by atoms with Gasteiger partial charge >= 0.3 is 0 Å². The highest BCUT2D eigenvalue weighted by atomic mass is 16.8. The number of anilines is 1.